The van der Waals surface area contributed by atoms with Crippen LogP contribution in [0.4, 0.5) is 0 Å². The first kappa shape index (κ1) is 13.9. The van der Waals surface area contributed by atoms with Crippen LogP contribution in [-0.4, -0.2) is 30.5 Å². The van der Waals surface area contributed by atoms with Crippen LogP contribution in [0.1, 0.15) is 49.0 Å². The molecule has 0 radical (unpaired) electrons. The minimum absolute atomic E-state index is 0.111. The Bertz CT molecular complexity index is 456. The second-order valence-electron chi connectivity index (χ2n) is 5.23. The summed E-state index contributed by atoms with van der Waals surface area (Å²) in [5, 5.41) is 0. The third-order valence-electron chi connectivity index (χ3n) is 3.97. The Morgan fingerprint density at radius 2 is 2.21 bits per heavy atom. The molecule has 1 atom stereocenters. The van der Waals surface area contributed by atoms with E-state index in [1.807, 2.05) is 23.1 Å². The molecule has 2 rings (SSSR count). The van der Waals surface area contributed by atoms with E-state index in [1.54, 1.807) is 7.11 Å². The van der Waals surface area contributed by atoms with Gasteiger partial charge in [-0.3, -0.25) is 4.79 Å². The highest BCUT2D eigenvalue weighted by Gasteiger charge is 2.26. The van der Waals surface area contributed by atoms with Crippen LogP contribution in [0.2, 0.25) is 0 Å². The second-order valence-corrected chi connectivity index (χ2v) is 5.23. The number of methoxy groups -OCH3 is 1. The van der Waals surface area contributed by atoms with Crippen LogP contribution in [0.5, 0.6) is 5.75 Å². The summed E-state index contributed by atoms with van der Waals surface area (Å²) in [6.07, 6.45) is 4.35. The van der Waals surface area contributed by atoms with Gasteiger partial charge < -0.3 is 9.64 Å². The summed E-state index contributed by atoms with van der Waals surface area (Å²) in [5.74, 6) is 0.791. The van der Waals surface area contributed by atoms with Gasteiger partial charge in [-0.1, -0.05) is 13.0 Å². The van der Waals surface area contributed by atoms with Crippen molar-refractivity contribution in [2.45, 2.75) is 45.6 Å². The molecular formula is C16H23NO2. The highest BCUT2D eigenvalue weighted by atomic mass is 16.5. The predicted molar refractivity (Wildman–Crippen MR) is 76.7 cm³/mol. The topological polar surface area (TPSA) is 29.5 Å². The molecule has 0 saturated carbocycles. The largest absolute Gasteiger partial charge is 0.496 e. The lowest BCUT2D eigenvalue weighted by Gasteiger charge is -2.33. The number of rotatable bonds is 3. The Balaban J connectivity index is 2.30. The van der Waals surface area contributed by atoms with Crippen molar-refractivity contribution in [1.29, 1.82) is 0 Å². The lowest BCUT2D eigenvalue weighted by atomic mass is 10.0. The van der Waals surface area contributed by atoms with E-state index in [-0.39, 0.29) is 5.91 Å². The Kier molecular flexibility index (Phi) is 4.46. The monoisotopic (exact) mass is 261 g/mol. The van der Waals surface area contributed by atoms with Gasteiger partial charge in [0.25, 0.3) is 5.91 Å². The number of piperidine rings is 1. The molecule has 0 N–H and O–H groups in total. The molecule has 1 amide bonds. The number of aryl methyl sites for hydroxylation is 1. The van der Waals surface area contributed by atoms with Gasteiger partial charge in [-0.05, 0) is 50.3 Å². The first-order valence-corrected chi connectivity index (χ1v) is 7.15. The van der Waals surface area contributed by atoms with Gasteiger partial charge in [-0.15, -0.1) is 0 Å². The lowest BCUT2D eigenvalue weighted by Crippen LogP contribution is -2.42. The minimum atomic E-state index is 0.111. The fraction of sp³-hybridized carbons (Fsp3) is 0.562. The van der Waals surface area contributed by atoms with Gasteiger partial charge in [0.15, 0.2) is 0 Å². The van der Waals surface area contributed by atoms with Crippen molar-refractivity contribution >= 4 is 5.91 Å². The van der Waals surface area contributed by atoms with Gasteiger partial charge in [0.1, 0.15) is 5.75 Å². The SMILES string of the molecule is CCc1ccc(OC)c(C(=O)N2CCCC[C@H]2C)c1. The molecule has 104 valence electrons. The molecule has 19 heavy (non-hydrogen) atoms. The highest BCUT2D eigenvalue weighted by Crippen LogP contribution is 2.25. The zero-order valence-electron chi connectivity index (χ0n) is 12.1. The lowest BCUT2D eigenvalue weighted by molar-refractivity contribution is 0.0632. The quantitative estimate of drug-likeness (QED) is 0.835. The first-order valence-electron chi connectivity index (χ1n) is 7.15. The van der Waals surface area contributed by atoms with Gasteiger partial charge in [0.05, 0.1) is 12.7 Å². The maximum absolute atomic E-state index is 12.7. The number of amides is 1. The molecule has 1 aromatic rings. The van der Waals surface area contributed by atoms with E-state index in [0.717, 1.165) is 25.8 Å². The summed E-state index contributed by atoms with van der Waals surface area (Å²) in [7, 11) is 1.62. The second kappa shape index (κ2) is 6.09. The van der Waals surface area contributed by atoms with E-state index in [4.69, 9.17) is 4.74 Å². The number of likely N-dealkylation sites (tertiary alicyclic amines) is 1. The molecule has 0 bridgehead atoms. The number of carbonyl (C=O) groups excluding carboxylic acids is 1. The van der Waals surface area contributed by atoms with Crippen LogP contribution < -0.4 is 4.74 Å². The Morgan fingerprint density at radius 3 is 2.84 bits per heavy atom. The van der Waals surface area contributed by atoms with Gasteiger partial charge in [0, 0.05) is 12.6 Å². The summed E-state index contributed by atoms with van der Waals surface area (Å²) >= 11 is 0. The van der Waals surface area contributed by atoms with Crippen LogP contribution in [0, 0.1) is 0 Å². The molecule has 1 fully saturated rings. The van der Waals surface area contributed by atoms with Crippen LogP contribution in [0.3, 0.4) is 0 Å². The molecule has 1 heterocycles. The zero-order chi connectivity index (χ0) is 13.8. The number of ether oxygens (including phenoxy) is 1. The van der Waals surface area contributed by atoms with Crippen molar-refractivity contribution in [3.63, 3.8) is 0 Å². The highest BCUT2D eigenvalue weighted by molar-refractivity contribution is 5.97. The van der Waals surface area contributed by atoms with E-state index in [9.17, 15) is 4.79 Å². The molecule has 0 aromatic heterocycles. The first-order chi connectivity index (χ1) is 9.17. The van der Waals surface area contributed by atoms with E-state index in [1.165, 1.54) is 12.0 Å². The fourth-order valence-corrected chi connectivity index (χ4v) is 2.70. The Labute approximate surface area is 115 Å². The summed E-state index contributed by atoms with van der Waals surface area (Å²) in [6, 6.07) is 6.23. The van der Waals surface area contributed by atoms with Crippen molar-refractivity contribution in [3.8, 4) is 5.75 Å². The molecular weight excluding hydrogens is 238 g/mol. The molecule has 1 aliphatic rings. The van der Waals surface area contributed by atoms with E-state index in [0.29, 0.717) is 17.4 Å². The van der Waals surface area contributed by atoms with Crippen molar-refractivity contribution < 1.29 is 9.53 Å². The van der Waals surface area contributed by atoms with Crippen molar-refractivity contribution in [3.05, 3.63) is 29.3 Å². The average molecular weight is 261 g/mol. The summed E-state index contributed by atoms with van der Waals surface area (Å²) < 4.78 is 5.34. The van der Waals surface area contributed by atoms with Gasteiger partial charge in [-0.25, -0.2) is 0 Å². The molecule has 1 saturated heterocycles. The Hall–Kier alpha value is -1.51. The smallest absolute Gasteiger partial charge is 0.257 e. The molecule has 0 unspecified atom stereocenters. The normalized spacial score (nSPS) is 19.3. The maximum atomic E-state index is 12.7. The molecule has 1 aromatic carbocycles. The van der Waals surface area contributed by atoms with Gasteiger partial charge in [0.2, 0.25) is 0 Å². The van der Waals surface area contributed by atoms with Gasteiger partial charge >= 0.3 is 0 Å². The van der Waals surface area contributed by atoms with Crippen LogP contribution in [0.25, 0.3) is 0 Å². The zero-order valence-corrected chi connectivity index (χ0v) is 12.1. The third-order valence-corrected chi connectivity index (χ3v) is 3.97. The van der Waals surface area contributed by atoms with Crippen molar-refractivity contribution in [2.24, 2.45) is 0 Å². The molecule has 3 nitrogen and oxygen atoms in total. The van der Waals surface area contributed by atoms with E-state index >= 15 is 0 Å². The van der Waals surface area contributed by atoms with Crippen LogP contribution >= 0.6 is 0 Å². The Morgan fingerprint density at radius 1 is 1.42 bits per heavy atom. The molecule has 0 spiro atoms. The maximum Gasteiger partial charge on any atom is 0.257 e. The summed E-state index contributed by atoms with van der Waals surface area (Å²) in [6.45, 7) is 5.09. The fourth-order valence-electron chi connectivity index (χ4n) is 2.70. The average Bonchev–Trinajstić information content (AvgIpc) is 2.46. The number of benzene rings is 1. The van der Waals surface area contributed by atoms with Crippen LogP contribution in [0.15, 0.2) is 18.2 Å². The van der Waals surface area contributed by atoms with Crippen molar-refractivity contribution in [2.75, 3.05) is 13.7 Å². The number of hydrogen-bond donors (Lipinski definition) is 0. The molecule has 3 heteroatoms. The summed E-state index contributed by atoms with van der Waals surface area (Å²) in [4.78, 5) is 14.7. The molecule has 1 aliphatic heterocycles. The van der Waals surface area contributed by atoms with E-state index in [2.05, 4.69) is 13.8 Å². The minimum Gasteiger partial charge on any atom is -0.496 e. The third kappa shape index (κ3) is 2.91. The number of nitrogens with zero attached hydrogens (tertiary/aromatic N) is 1. The van der Waals surface area contributed by atoms with Crippen LogP contribution in [-0.2, 0) is 6.42 Å². The number of carbonyl (C=O) groups is 1. The van der Waals surface area contributed by atoms with Gasteiger partial charge in [-0.2, -0.15) is 0 Å². The number of hydrogen-bond acceptors (Lipinski definition) is 2. The summed E-state index contributed by atoms with van der Waals surface area (Å²) in [5.41, 5.74) is 1.88. The molecule has 0 aliphatic carbocycles. The predicted octanol–water partition coefficient (Wildman–Crippen LogP) is 3.27. The van der Waals surface area contributed by atoms with E-state index < -0.39 is 0 Å². The van der Waals surface area contributed by atoms with Crippen molar-refractivity contribution in [1.82, 2.24) is 4.90 Å². The standard InChI is InChI=1S/C16H23NO2/c1-4-13-8-9-15(19-3)14(11-13)16(18)17-10-6-5-7-12(17)2/h8-9,11-12H,4-7,10H2,1-3H3/t12-/m1/s1.